The molecule has 1 aliphatic rings. The number of thiophene rings is 1. The van der Waals surface area contributed by atoms with E-state index in [9.17, 15) is 9.59 Å². The first-order valence-corrected chi connectivity index (χ1v) is 9.99. The molecule has 0 fully saturated rings. The first-order valence-electron chi connectivity index (χ1n) is 8.29. The van der Waals surface area contributed by atoms with Crippen molar-refractivity contribution in [1.82, 2.24) is 4.57 Å². The number of carbonyl (C=O) groups is 1. The van der Waals surface area contributed by atoms with Crippen LogP contribution in [-0.4, -0.2) is 17.6 Å². The molecule has 1 aromatic carbocycles. The minimum absolute atomic E-state index is 0.157. The summed E-state index contributed by atoms with van der Waals surface area (Å²) in [4.78, 5) is 31.8. The number of nitrogens with zero attached hydrogens (tertiary/aromatic N) is 2. The number of aromatic nitrogens is 1. The van der Waals surface area contributed by atoms with Gasteiger partial charge in [-0.3, -0.25) is 9.36 Å². The molecule has 0 bridgehead atoms. The Kier molecular flexibility index (Phi) is 4.63. The van der Waals surface area contributed by atoms with Gasteiger partial charge in [-0.2, -0.15) is 0 Å². The third kappa shape index (κ3) is 3.09. The number of ether oxygens (including phenoxy) is 1. The molecule has 1 unspecified atom stereocenters. The highest BCUT2D eigenvalue weighted by atomic mass is 32.1. The van der Waals surface area contributed by atoms with E-state index in [0.717, 1.165) is 10.4 Å². The van der Waals surface area contributed by atoms with E-state index in [2.05, 4.69) is 4.99 Å². The van der Waals surface area contributed by atoms with Crippen molar-refractivity contribution in [3.8, 4) is 0 Å². The molecule has 0 saturated carbocycles. The molecule has 0 spiro atoms. The Hall–Kier alpha value is -2.77. The van der Waals surface area contributed by atoms with Gasteiger partial charge in [-0.05, 0) is 30.0 Å². The first kappa shape index (κ1) is 17.6. The Balaban J connectivity index is 2.00. The van der Waals surface area contributed by atoms with E-state index in [1.165, 1.54) is 18.4 Å². The number of hydrogen-bond acceptors (Lipinski definition) is 6. The molecular weight excluding hydrogens is 380 g/mol. The number of methoxy groups -OCH3 is 1. The maximum absolute atomic E-state index is 13.2. The summed E-state index contributed by atoms with van der Waals surface area (Å²) in [6, 6.07) is 12.8. The van der Waals surface area contributed by atoms with Crippen molar-refractivity contribution < 1.29 is 9.53 Å². The molecule has 136 valence electrons. The summed E-state index contributed by atoms with van der Waals surface area (Å²) in [5.74, 6) is -0.474. The number of allylic oxidation sites excluding steroid dienone is 1. The molecule has 0 aliphatic carbocycles. The second-order valence-electron chi connectivity index (χ2n) is 6.00. The number of fused-ring (bicyclic) bond motifs is 1. The van der Waals surface area contributed by atoms with E-state index in [4.69, 9.17) is 4.74 Å². The second-order valence-corrected chi connectivity index (χ2v) is 7.99. The van der Waals surface area contributed by atoms with Crippen LogP contribution in [0.1, 0.15) is 23.4 Å². The van der Waals surface area contributed by atoms with Crippen LogP contribution >= 0.6 is 22.7 Å². The zero-order chi connectivity index (χ0) is 19.0. The summed E-state index contributed by atoms with van der Waals surface area (Å²) in [6.45, 7) is 1.78. The van der Waals surface area contributed by atoms with Gasteiger partial charge in [0.05, 0.1) is 29.0 Å². The Bertz CT molecular complexity index is 1200. The topological polar surface area (TPSA) is 60.7 Å². The number of benzene rings is 1. The number of hydrogen-bond donors (Lipinski definition) is 0. The van der Waals surface area contributed by atoms with Crippen LogP contribution in [-0.2, 0) is 9.53 Å². The van der Waals surface area contributed by atoms with Gasteiger partial charge in [0.25, 0.3) is 5.56 Å². The van der Waals surface area contributed by atoms with E-state index >= 15 is 0 Å². The molecule has 0 amide bonds. The van der Waals surface area contributed by atoms with E-state index in [1.54, 1.807) is 22.8 Å². The quantitative estimate of drug-likeness (QED) is 0.639. The highest BCUT2D eigenvalue weighted by Crippen LogP contribution is 2.30. The van der Waals surface area contributed by atoms with Gasteiger partial charge in [0.15, 0.2) is 4.80 Å². The molecule has 4 rings (SSSR count). The Morgan fingerprint density at radius 3 is 2.67 bits per heavy atom. The standard InChI is InChI=1S/C20H16N2O3S2/c1-12-16(19(24)25-2)17(13-7-4-3-5-8-13)22-18(23)15(27-20(22)21-12)11-14-9-6-10-26-14/h3-11,17H,1-2H3/b15-11-. The van der Waals surface area contributed by atoms with Gasteiger partial charge >= 0.3 is 5.97 Å². The van der Waals surface area contributed by atoms with Crippen molar-refractivity contribution in [2.45, 2.75) is 13.0 Å². The zero-order valence-corrected chi connectivity index (χ0v) is 16.3. The van der Waals surface area contributed by atoms with Crippen molar-refractivity contribution >= 4 is 34.7 Å². The number of carbonyl (C=O) groups excluding carboxylic acids is 1. The van der Waals surface area contributed by atoms with Gasteiger partial charge in [-0.1, -0.05) is 47.7 Å². The Morgan fingerprint density at radius 2 is 2.00 bits per heavy atom. The zero-order valence-electron chi connectivity index (χ0n) is 14.7. The predicted octanol–water partition coefficient (Wildman–Crippen LogP) is 2.47. The van der Waals surface area contributed by atoms with Gasteiger partial charge in [0.1, 0.15) is 0 Å². The van der Waals surface area contributed by atoms with Gasteiger partial charge in [0.2, 0.25) is 0 Å². The minimum atomic E-state index is -0.555. The van der Waals surface area contributed by atoms with Crippen molar-refractivity contribution in [2.24, 2.45) is 4.99 Å². The highest BCUT2D eigenvalue weighted by molar-refractivity contribution is 7.11. The van der Waals surface area contributed by atoms with Gasteiger partial charge in [-0.25, -0.2) is 9.79 Å². The van der Waals surface area contributed by atoms with E-state index in [-0.39, 0.29) is 5.56 Å². The lowest BCUT2D eigenvalue weighted by Crippen LogP contribution is -2.39. The van der Waals surface area contributed by atoms with Crippen molar-refractivity contribution in [3.05, 3.63) is 89.2 Å². The summed E-state index contributed by atoms with van der Waals surface area (Å²) >= 11 is 2.90. The fourth-order valence-electron chi connectivity index (χ4n) is 3.15. The lowest BCUT2D eigenvalue weighted by atomic mass is 9.96. The monoisotopic (exact) mass is 396 g/mol. The van der Waals surface area contributed by atoms with Crippen molar-refractivity contribution in [2.75, 3.05) is 7.11 Å². The van der Waals surface area contributed by atoms with E-state index in [0.29, 0.717) is 20.6 Å². The molecule has 0 N–H and O–H groups in total. The average molecular weight is 396 g/mol. The predicted molar refractivity (Wildman–Crippen MR) is 107 cm³/mol. The van der Waals surface area contributed by atoms with E-state index in [1.807, 2.05) is 53.9 Å². The third-order valence-electron chi connectivity index (χ3n) is 4.36. The van der Waals surface area contributed by atoms with E-state index < -0.39 is 12.0 Å². The van der Waals surface area contributed by atoms with Crippen LogP contribution in [0, 0.1) is 0 Å². The lowest BCUT2D eigenvalue weighted by Gasteiger charge is -2.24. The number of thiazole rings is 1. The molecule has 1 aliphatic heterocycles. The second kappa shape index (κ2) is 7.09. The average Bonchev–Trinajstić information content (AvgIpc) is 3.29. The molecule has 3 aromatic rings. The number of rotatable bonds is 3. The molecule has 3 heterocycles. The Labute approximate surface area is 163 Å². The SMILES string of the molecule is COC(=O)C1=C(C)N=c2s/c(=C\c3cccs3)c(=O)n2C1c1ccccc1. The molecule has 7 heteroatoms. The molecule has 0 saturated heterocycles. The maximum Gasteiger partial charge on any atom is 0.338 e. The van der Waals surface area contributed by atoms with Crippen molar-refractivity contribution in [3.63, 3.8) is 0 Å². The van der Waals surface area contributed by atoms with Crippen LogP contribution < -0.4 is 14.9 Å². The summed E-state index contributed by atoms with van der Waals surface area (Å²) in [7, 11) is 1.34. The maximum atomic E-state index is 13.2. The van der Waals surface area contributed by atoms with Crippen LogP contribution in [0.15, 0.2) is 68.9 Å². The molecule has 0 radical (unpaired) electrons. The molecule has 27 heavy (non-hydrogen) atoms. The van der Waals surface area contributed by atoms with Gasteiger partial charge in [-0.15, -0.1) is 11.3 Å². The highest BCUT2D eigenvalue weighted by Gasteiger charge is 2.32. The van der Waals surface area contributed by atoms with Gasteiger partial charge in [0, 0.05) is 4.88 Å². The summed E-state index contributed by atoms with van der Waals surface area (Å²) in [5, 5.41) is 1.97. The first-order chi connectivity index (χ1) is 13.1. The summed E-state index contributed by atoms with van der Waals surface area (Å²) < 4.78 is 7.17. The van der Waals surface area contributed by atoms with Crippen LogP contribution in [0.5, 0.6) is 0 Å². The smallest absolute Gasteiger partial charge is 0.338 e. The molecule has 1 atom stereocenters. The number of esters is 1. The fraction of sp³-hybridized carbons (Fsp3) is 0.150. The van der Waals surface area contributed by atoms with Crippen molar-refractivity contribution in [1.29, 1.82) is 0 Å². The van der Waals surface area contributed by atoms with Crippen LogP contribution in [0.4, 0.5) is 0 Å². The Morgan fingerprint density at radius 1 is 1.22 bits per heavy atom. The normalized spacial score (nSPS) is 16.8. The largest absolute Gasteiger partial charge is 0.466 e. The van der Waals surface area contributed by atoms with Crippen LogP contribution in [0.25, 0.3) is 6.08 Å². The summed E-state index contributed by atoms with van der Waals surface area (Å²) in [6.07, 6.45) is 1.87. The fourth-order valence-corrected chi connectivity index (χ4v) is 4.92. The van der Waals surface area contributed by atoms with Crippen LogP contribution in [0.2, 0.25) is 0 Å². The lowest BCUT2D eigenvalue weighted by molar-refractivity contribution is -0.136. The summed E-state index contributed by atoms with van der Waals surface area (Å²) in [5.41, 5.74) is 1.64. The molecule has 2 aromatic heterocycles. The molecular formula is C20H16N2O3S2. The molecule has 5 nitrogen and oxygen atoms in total. The van der Waals surface area contributed by atoms with Crippen LogP contribution in [0.3, 0.4) is 0 Å². The van der Waals surface area contributed by atoms with Gasteiger partial charge < -0.3 is 4.74 Å². The third-order valence-corrected chi connectivity index (χ3v) is 6.16. The minimum Gasteiger partial charge on any atom is -0.466 e.